The Kier molecular flexibility index (Phi) is 5.36. The van der Waals surface area contributed by atoms with E-state index in [1.165, 1.54) is 5.56 Å². The monoisotopic (exact) mass is 337 g/mol. The fraction of sp³-hybridized carbons (Fsp3) is 0.286. The zero-order valence-electron chi connectivity index (χ0n) is 10.9. The second kappa shape index (κ2) is 7.03. The van der Waals surface area contributed by atoms with Crippen LogP contribution in [0.25, 0.3) is 0 Å². The highest BCUT2D eigenvalue weighted by Crippen LogP contribution is 2.26. The van der Waals surface area contributed by atoms with Gasteiger partial charge in [0.1, 0.15) is 10.1 Å². The topological polar surface area (TPSA) is 37.8 Å². The average molecular weight is 338 g/mol. The van der Waals surface area contributed by atoms with Crippen LogP contribution in [0.15, 0.2) is 51.2 Å². The van der Waals surface area contributed by atoms with Gasteiger partial charge in [0.25, 0.3) is 0 Å². The predicted octanol–water partition coefficient (Wildman–Crippen LogP) is 4.06. The van der Waals surface area contributed by atoms with Crippen molar-refractivity contribution in [3.05, 3.63) is 46.7 Å². The minimum absolute atomic E-state index is 0.338. The van der Waals surface area contributed by atoms with Gasteiger partial charge in [0.05, 0.1) is 0 Å². The Morgan fingerprint density at radius 1 is 1.26 bits per heavy atom. The van der Waals surface area contributed by atoms with Gasteiger partial charge in [0, 0.05) is 22.9 Å². The first-order chi connectivity index (χ1) is 9.19. The van der Waals surface area contributed by atoms with Gasteiger partial charge in [-0.2, -0.15) is 0 Å². The summed E-state index contributed by atoms with van der Waals surface area (Å²) < 4.78 is 0.985. The molecule has 0 spiro atoms. The number of halogens is 1. The molecule has 3 nitrogen and oxygen atoms in total. The van der Waals surface area contributed by atoms with Crippen molar-refractivity contribution in [2.75, 3.05) is 6.54 Å². The van der Waals surface area contributed by atoms with Crippen molar-refractivity contribution in [2.24, 2.45) is 0 Å². The van der Waals surface area contributed by atoms with E-state index in [9.17, 15) is 0 Å². The van der Waals surface area contributed by atoms with Crippen LogP contribution in [-0.2, 0) is 0 Å². The van der Waals surface area contributed by atoms with E-state index >= 15 is 0 Å². The molecule has 5 heteroatoms. The summed E-state index contributed by atoms with van der Waals surface area (Å²) in [6.07, 6.45) is 3.65. The van der Waals surface area contributed by atoms with Crippen LogP contribution in [0.1, 0.15) is 25.5 Å². The Hall–Kier alpha value is -0.910. The van der Waals surface area contributed by atoms with Gasteiger partial charge < -0.3 is 5.32 Å². The summed E-state index contributed by atoms with van der Waals surface area (Å²) in [6, 6.07) is 8.47. The number of pyridine rings is 2. The summed E-state index contributed by atoms with van der Waals surface area (Å²) >= 11 is 4.96. The number of aromatic nitrogens is 2. The molecule has 0 aromatic carbocycles. The van der Waals surface area contributed by atoms with Gasteiger partial charge >= 0.3 is 0 Å². The third-order valence-electron chi connectivity index (χ3n) is 2.68. The first kappa shape index (κ1) is 14.5. The van der Waals surface area contributed by atoms with E-state index in [-0.39, 0.29) is 0 Å². The zero-order chi connectivity index (χ0) is 13.7. The van der Waals surface area contributed by atoms with Gasteiger partial charge in [-0.05, 0) is 59.2 Å². The van der Waals surface area contributed by atoms with Crippen LogP contribution in [0.5, 0.6) is 0 Å². The quantitative estimate of drug-likeness (QED) is 0.892. The maximum atomic E-state index is 4.38. The third kappa shape index (κ3) is 4.30. The van der Waals surface area contributed by atoms with E-state index in [0.29, 0.717) is 6.04 Å². The molecule has 1 unspecified atom stereocenters. The van der Waals surface area contributed by atoms with E-state index in [0.717, 1.165) is 21.1 Å². The van der Waals surface area contributed by atoms with Gasteiger partial charge in [-0.25, -0.2) is 9.97 Å². The minimum Gasteiger partial charge on any atom is -0.310 e. The highest BCUT2D eigenvalue weighted by Gasteiger charge is 2.06. The number of nitrogens with one attached hydrogen (secondary N) is 1. The first-order valence-electron chi connectivity index (χ1n) is 6.17. The molecule has 0 amide bonds. The van der Waals surface area contributed by atoms with Gasteiger partial charge in [0.15, 0.2) is 0 Å². The lowest BCUT2D eigenvalue weighted by molar-refractivity contribution is 0.596. The lowest BCUT2D eigenvalue weighted by Crippen LogP contribution is -2.17. The average Bonchev–Trinajstić information content (AvgIpc) is 2.42. The van der Waals surface area contributed by atoms with Crippen LogP contribution in [0, 0.1) is 0 Å². The zero-order valence-corrected chi connectivity index (χ0v) is 13.3. The van der Waals surface area contributed by atoms with E-state index in [1.54, 1.807) is 18.0 Å². The molecule has 2 heterocycles. The molecule has 19 heavy (non-hydrogen) atoms. The molecule has 0 aliphatic heterocycles. The Balaban J connectivity index is 2.12. The molecular formula is C14H16BrN3S. The molecule has 1 N–H and O–H groups in total. The van der Waals surface area contributed by atoms with Crippen molar-refractivity contribution >= 4 is 27.7 Å². The predicted molar refractivity (Wildman–Crippen MR) is 82.4 cm³/mol. The molecule has 100 valence electrons. The van der Waals surface area contributed by atoms with E-state index < -0.39 is 0 Å². The summed E-state index contributed by atoms with van der Waals surface area (Å²) in [6.45, 7) is 5.23. The fourth-order valence-corrected chi connectivity index (χ4v) is 2.70. The Bertz CT molecular complexity index is 530. The summed E-state index contributed by atoms with van der Waals surface area (Å²) in [4.78, 5) is 8.73. The first-order valence-corrected chi connectivity index (χ1v) is 7.78. The number of rotatable bonds is 5. The SMILES string of the molecule is CCNC(C)c1ccnc(Sc2ccc(Br)cn2)c1. The summed E-state index contributed by atoms with van der Waals surface area (Å²) in [5, 5.41) is 5.32. The van der Waals surface area contributed by atoms with Crippen molar-refractivity contribution in [1.29, 1.82) is 0 Å². The van der Waals surface area contributed by atoms with Crippen LogP contribution in [-0.4, -0.2) is 16.5 Å². The molecule has 0 saturated heterocycles. The molecule has 0 aliphatic carbocycles. The molecule has 2 aromatic heterocycles. The molecule has 0 saturated carbocycles. The van der Waals surface area contributed by atoms with Crippen LogP contribution < -0.4 is 5.32 Å². The minimum atomic E-state index is 0.338. The van der Waals surface area contributed by atoms with Crippen molar-refractivity contribution in [2.45, 2.75) is 29.9 Å². The Labute approximate surface area is 126 Å². The maximum absolute atomic E-state index is 4.38. The molecule has 2 rings (SSSR count). The van der Waals surface area contributed by atoms with Crippen molar-refractivity contribution < 1.29 is 0 Å². The Morgan fingerprint density at radius 3 is 2.79 bits per heavy atom. The van der Waals surface area contributed by atoms with Gasteiger partial charge in [-0.3, -0.25) is 0 Å². The summed E-state index contributed by atoms with van der Waals surface area (Å²) in [7, 11) is 0. The summed E-state index contributed by atoms with van der Waals surface area (Å²) in [5.41, 5.74) is 1.25. The molecular weight excluding hydrogens is 322 g/mol. The van der Waals surface area contributed by atoms with Crippen LogP contribution in [0.3, 0.4) is 0 Å². The lowest BCUT2D eigenvalue weighted by atomic mass is 10.1. The highest BCUT2D eigenvalue weighted by molar-refractivity contribution is 9.10. The summed E-state index contributed by atoms with van der Waals surface area (Å²) in [5.74, 6) is 0. The van der Waals surface area contributed by atoms with Crippen molar-refractivity contribution in [3.63, 3.8) is 0 Å². The fourth-order valence-electron chi connectivity index (χ4n) is 1.70. The second-order valence-corrected chi connectivity index (χ2v) is 6.08. The van der Waals surface area contributed by atoms with Gasteiger partial charge in [0.2, 0.25) is 0 Å². The van der Waals surface area contributed by atoms with E-state index in [1.807, 2.05) is 24.4 Å². The normalized spacial score (nSPS) is 12.4. The standard InChI is InChI=1S/C14H16BrN3S/c1-3-16-10(2)11-6-7-17-14(8-11)19-13-5-4-12(15)9-18-13/h4-10,16H,3H2,1-2H3. The largest absolute Gasteiger partial charge is 0.310 e. The molecule has 0 radical (unpaired) electrons. The third-order valence-corrected chi connectivity index (χ3v) is 4.03. The van der Waals surface area contributed by atoms with Crippen molar-refractivity contribution in [3.8, 4) is 0 Å². The number of hydrogen-bond donors (Lipinski definition) is 1. The van der Waals surface area contributed by atoms with E-state index in [4.69, 9.17) is 0 Å². The highest BCUT2D eigenvalue weighted by atomic mass is 79.9. The van der Waals surface area contributed by atoms with E-state index in [2.05, 4.69) is 51.1 Å². The molecule has 2 aromatic rings. The lowest BCUT2D eigenvalue weighted by Gasteiger charge is -2.13. The van der Waals surface area contributed by atoms with Gasteiger partial charge in [-0.1, -0.05) is 18.7 Å². The number of hydrogen-bond acceptors (Lipinski definition) is 4. The second-order valence-electron chi connectivity index (χ2n) is 4.12. The van der Waals surface area contributed by atoms with Crippen LogP contribution in [0.2, 0.25) is 0 Å². The Morgan fingerprint density at radius 2 is 2.11 bits per heavy atom. The number of nitrogens with zero attached hydrogens (tertiary/aromatic N) is 2. The van der Waals surface area contributed by atoms with Crippen LogP contribution >= 0.6 is 27.7 Å². The van der Waals surface area contributed by atoms with Crippen LogP contribution in [0.4, 0.5) is 0 Å². The van der Waals surface area contributed by atoms with Gasteiger partial charge in [-0.15, -0.1) is 0 Å². The smallest absolute Gasteiger partial charge is 0.102 e. The molecule has 0 bridgehead atoms. The molecule has 0 aliphatic rings. The maximum Gasteiger partial charge on any atom is 0.102 e. The molecule has 1 atom stereocenters. The van der Waals surface area contributed by atoms with Crippen molar-refractivity contribution in [1.82, 2.24) is 15.3 Å². The molecule has 0 fully saturated rings.